The van der Waals surface area contributed by atoms with Gasteiger partial charge in [-0.25, -0.2) is 0 Å². The van der Waals surface area contributed by atoms with E-state index in [0.29, 0.717) is 12.4 Å². The van der Waals surface area contributed by atoms with E-state index in [2.05, 4.69) is 30.7 Å². The Balaban J connectivity index is 1.89. The predicted octanol–water partition coefficient (Wildman–Crippen LogP) is 1.76. The molecule has 1 aromatic rings. The maximum Gasteiger partial charge on any atom is 0.138 e. The molecule has 1 atom stereocenters. The molecule has 1 fully saturated rings. The SMILES string of the molecule is CC1(C)CCC(COc2cncc(C#CCO)c2)O1. The quantitative estimate of drug-likeness (QED) is 0.842. The van der Waals surface area contributed by atoms with Gasteiger partial charge in [0.15, 0.2) is 0 Å². The van der Waals surface area contributed by atoms with E-state index >= 15 is 0 Å². The van der Waals surface area contributed by atoms with Crippen LogP contribution in [0.2, 0.25) is 0 Å². The van der Waals surface area contributed by atoms with Crippen LogP contribution in [-0.4, -0.2) is 35.0 Å². The van der Waals surface area contributed by atoms with Gasteiger partial charge in [0.05, 0.1) is 17.9 Å². The lowest BCUT2D eigenvalue weighted by molar-refractivity contribution is -0.0327. The Hall–Kier alpha value is -1.57. The topological polar surface area (TPSA) is 51.6 Å². The summed E-state index contributed by atoms with van der Waals surface area (Å²) in [6.45, 7) is 4.57. The van der Waals surface area contributed by atoms with Gasteiger partial charge in [-0.3, -0.25) is 4.98 Å². The highest BCUT2D eigenvalue weighted by Crippen LogP contribution is 2.29. The second-order valence-corrected chi connectivity index (χ2v) is 5.22. The first-order chi connectivity index (χ1) is 9.09. The Morgan fingerprint density at radius 3 is 3.05 bits per heavy atom. The smallest absolute Gasteiger partial charge is 0.138 e. The molecule has 1 aliphatic rings. The molecule has 4 heteroatoms. The second kappa shape index (κ2) is 6.05. The molecule has 4 nitrogen and oxygen atoms in total. The van der Waals surface area contributed by atoms with Crippen molar-refractivity contribution >= 4 is 0 Å². The van der Waals surface area contributed by atoms with Gasteiger partial charge < -0.3 is 14.6 Å². The molecule has 1 saturated heterocycles. The number of aliphatic hydroxyl groups excluding tert-OH is 1. The van der Waals surface area contributed by atoms with Crippen LogP contribution in [0.15, 0.2) is 18.5 Å². The number of aromatic nitrogens is 1. The minimum absolute atomic E-state index is 0.0409. The molecule has 2 heterocycles. The van der Waals surface area contributed by atoms with Gasteiger partial charge in [0, 0.05) is 11.8 Å². The van der Waals surface area contributed by atoms with E-state index in [9.17, 15) is 0 Å². The molecule has 1 N–H and O–H groups in total. The summed E-state index contributed by atoms with van der Waals surface area (Å²) in [6, 6.07) is 1.82. The number of pyridine rings is 1. The van der Waals surface area contributed by atoms with E-state index in [1.165, 1.54) is 0 Å². The van der Waals surface area contributed by atoms with Crippen molar-refractivity contribution in [3.63, 3.8) is 0 Å². The molecule has 2 rings (SSSR count). The van der Waals surface area contributed by atoms with Crippen molar-refractivity contribution in [2.75, 3.05) is 13.2 Å². The third-order valence-corrected chi connectivity index (χ3v) is 3.01. The van der Waals surface area contributed by atoms with Crippen LogP contribution in [0.3, 0.4) is 0 Å². The van der Waals surface area contributed by atoms with Gasteiger partial charge >= 0.3 is 0 Å². The molecule has 0 bridgehead atoms. The molecule has 0 aromatic carbocycles. The summed E-state index contributed by atoms with van der Waals surface area (Å²) in [7, 11) is 0. The zero-order chi connectivity index (χ0) is 13.7. The van der Waals surface area contributed by atoms with Crippen molar-refractivity contribution in [2.45, 2.75) is 38.4 Å². The van der Waals surface area contributed by atoms with E-state index < -0.39 is 0 Å². The third-order valence-electron chi connectivity index (χ3n) is 3.01. The summed E-state index contributed by atoms with van der Waals surface area (Å²) >= 11 is 0. The number of rotatable bonds is 3. The van der Waals surface area contributed by atoms with Gasteiger partial charge in [0.2, 0.25) is 0 Å². The van der Waals surface area contributed by atoms with E-state index in [4.69, 9.17) is 14.6 Å². The minimum atomic E-state index is -0.157. The van der Waals surface area contributed by atoms with Crippen molar-refractivity contribution in [1.82, 2.24) is 4.98 Å². The first-order valence-corrected chi connectivity index (χ1v) is 6.44. The number of aliphatic hydroxyl groups is 1. The Kier molecular flexibility index (Phi) is 4.41. The van der Waals surface area contributed by atoms with Crippen LogP contribution in [0.4, 0.5) is 0 Å². The fraction of sp³-hybridized carbons (Fsp3) is 0.533. The van der Waals surface area contributed by atoms with Gasteiger partial charge in [0.1, 0.15) is 19.0 Å². The maximum atomic E-state index is 8.65. The van der Waals surface area contributed by atoms with Crippen molar-refractivity contribution in [3.05, 3.63) is 24.0 Å². The summed E-state index contributed by atoms with van der Waals surface area (Å²) in [5.41, 5.74) is 0.694. The fourth-order valence-electron chi connectivity index (χ4n) is 2.09. The zero-order valence-corrected chi connectivity index (χ0v) is 11.3. The zero-order valence-electron chi connectivity index (χ0n) is 11.3. The Morgan fingerprint density at radius 1 is 1.53 bits per heavy atom. The average molecular weight is 261 g/mol. The van der Waals surface area contributed by atoms with Gasteiger partial charge in [-0.2, -0.15) is 0 Å². The second-order valence-electron chi connectivity index (χ2n) is 5.22. The molecule has 19 heavy (non-hydrogen) atoms. The Bertz CT molecular complexity index is 488. The van der Waals surface area contributed by atoms with Crippen LogP contribution in [-0.2, 0) is 4.74 Å². The summed E-state index contributed by atoms with van der Waals surface area (Å²) < 4.78 is 11.5. The van der Waals surface area contributed by atoms with Gasteiger partial charge in [0.25, 0.3) is 0 Å². The maximum absolute atomic E-state index is 8.65. The highest BCUT2D eigenvalue weighted by Gasteiger charge is 2.31. The lowest BCUT2D eigenvalue weighted by atomic mass is 10.1. The fourth-order valence-corrected chi connectivity index (χ4v) is 2.09. The molecule has 0 spiro atoms. The highest BCUT2D eigenvalue weighted by atomic mass is 16.6. The summed E-state index contributed by atoms with van der Waals surface area (Å²) in [6.07, 6.45) is 5.52. The molecule has 0 aliphatic carbocycles. The van der Waals surface area contributed by atoms with E-state index in [-0.39, 0.29) is 18.3 Å². The lowest BCUT2D eigenvalue weighted by Crippen LogP contribution is -2.23. The molecule has 0 saturated carbocycles. The molecule has 1 aromatic heterocycles. The standard InChI is InChI=1S/C15H19NO3/c1-15(2)6-5-13(19-15)11-18-14-8-12(4-3-7-17)9-16-10-14/h8-10,13,17H,5-7,11H2,1-2H3. The largest absolute Gasteiger partial charge is 0.489 e. The molecule has 0 radical (unpaired) electrons. The predicted molar refractivity (Wildman–Crippen MR) is 71.9 cm³/mol. The van der Waals surface area contributed by atoms with Crippen LogP contribution in [0.5, 0.6) is 5.75 Å². The van der Waals surface area contributed by atoms with Crippen molar-refractivity contribution in [2.24, 2.45) is 0 Å². The molecular formula is C15H19NO3. The van der Waals surface area contributed by atoms with E-state index in [1.807, 2.05) is 6.07 Å². The summed E-state index contributed by atoms with van der Waals surface area (Å²) in [5, 5.41) is 8.65. The first-order valence-electron chi connectivity index (χ1n) is 6.44. The van der Waals surface area contributed by atoms with Crippen LogP contribution >= 0.6 is 0 Å². The van der Waals surface area contributed by atoms with Crippen molar-refractivity contribution in [3.8, 4) is 17.6 Å². The van der Waals surface area contributed by atoms with Crippen LogP contribution in [0.1, 0.15) is 32.3 Å². The minimum Gasteiger partial charge on any atom is -0.489 e. The number of ether oxygens (including phenoxy) is 2. The van der Waals surface area contributed by atoms with Crippen LogP contribution in [0, 0.1) is 11.8 Å². The van der Waals surface area contributed by atoms with Gasteiger partial charge in [-0.15, -0.1) is 0 Å². The number of hydrogen-bond acceptors (Lipinski definition) is 4. The normalized spacial score (nSPS) is 20.7. The molecule has 1 unspecified atom stereocenters. The van der Waals surface area contributed by atoms with Crippen molar-refractivity contribution in [1.29, 1.82) is 0 Å². The summed E-state index contributed by atoms with van der Waals surface area (Å²) in [4.78, 5) is 4.06. The first kappa shape index (κ1) is 13.9. The summed E-state index contributed by atoms with van der Waals surface area (Å²) in [5.74, 6) is 6.07. The Morgan fingerprint density at radius 2 is 2.37 bits per heavy atom. The highest BCUT2D eigenvalue weighted by molar-refractivity contribution is 5.36. The van der Waals surface area contributed by atoms with Gasteiger partial charge in [-0.1, -0.05) is 11.8 Å². The van der Waals surface area contributed by atoms with Crippen molar-refractivity contribution < 1.29 is 14.6 Å². The van der Waals surface area contributed by atoms with Gasteiger partial charge in [-0.05, 0) is 32.8 Å². The molecular weight excluding hydrogens is 242 g/mol. The number of hydrogen-bond donors (Lipinski definition) is 1. The number of nitrogens with zero attached hydrogens (tertiary/aromatic N) is 1. The van der Waals surface area contributed by atoms with E-state index in [1.54, 1.807) is 12.4 Å². The third kappa shape index (κ3) is 4.23. The monoisotopic (exact) mass is 261 g/mol. The molecule has 1 aliphatic heterocycles. The Labute approximate surface area is 113 Å². The molecule has 0 amide bonds. The van der Waals surface area contributed by atoms with Crippen LogP contribution in [0.25, 0.3) is 0 Å². The van der Waals surface area contributed by atoms with Crippen LogP contribution < -0.4 is 4.74 Å². The lowest BCUT2D eigenvalue weighted by Gasteiger charge is -2.19. The van der Waals surface area contributed by atoms with E-state index in [0.717, 1.165) is 18.4 Å². The average Bonchev–Trinajstić information content (AvgIpc) is 2.74. The molecule has 102 valence electrons.